The molecule has 0 aliphatic rings. The van der Waals surface area contributed by atoms with E-state index in [-0.39, 0.29) is 37.5 Å². The summed E-state index contributed by atoms with van der Waals surface area (Å²) < 4.78 is 16.8. The molecule has 0 bridgehead atoms. The molecule has 0 saturated carbocycles. The first-order valence-corrected chi connectivity index (χ1v) is 30.1. The largest absolute Gasteiger partial charge is 0.462 e. The normalized spacial score (nSPS) is 12.7. The second-order valence-corrected chi connectivity index (χ2v) is 19.9. The second-order valence-electron chi connectivity index (χ2n) is 19.9. The minimum Gasteiger partial charge on any atom is -0.462 e. The fourth-order valence-corrected chi connectivity index (χ4v) is 8.41. The van der Waals surface area contributed by atoms with Crippen LogP contribution in [0.4, 0.5) is 0 Å². The quantitative estimate of drug-likeness (QED) is 0.0261. The van der Waals surface area contributed by atoms with Gasteiger partial charge in [-0.1, -0.05) is 273 Å². The fourth-order valence-electron chi connectivity index (χ4n) is 8.41. The average Bonchev–Trinajstić information content (AvgIpc) is 3.37. The van der Waals surface area contributed by atoms with E-state index in [1.165, 1.54) is 167 Å². The SMILES string of the molecule is CC/C=C\C/C=C\C/C=C\C/C=C\C/C=C\C/C=C\CCC(=O)OC[C@H](COC(=O)CCCCCCCCCCCCCCC)OC(=O)CCCCCCCCCCCCC/C=C\CCCCCCCC. The molecule has 6 heteroatoms. The van der Waals surface area contributed by atoms with Gasteiger partial charge in [0.1, 0.15) is 13.2 Å². The van der Waals surface area contributed by atoms with Crippen LogP contribution in [-0.2, 0) is 28.6 Å². The Morgan fingerprint density at radius 1 is 0.296 bits per heavy atom. The van der Waals surface area contributed by atoms with Crippen molar-refractivity contribution in [1.29, 1.82) is 0 Å². The Hall–Kier alpha value is -3.41. The molecule has 6 nitrogen and oxygen atoms in total. The van der Waals surface area contributed by atoms with E-state index >= 15 is 0 Å². The molecule has 0 N–H and O–H groups in total. The summed E-state index contributed by atoms with van der Waals surface area (Å²) in [6.07, 6.45) is 77.3. The molecule has 0 aromatic carbocycles. The van der Waals surface area contributed by atoms with Gasteiger partial charge in [0.25, 0.3) is 0 Å². The Balaban J connectivity index is 4.44. The van der Waals surface area contributed by atoms with Crippen LogP contribution in [0.1, 0.15) is 290 Å². The van der Waals surface area contributed by atoms with Crippen LogP contribution < -0.4 is 0 Å². The first kappa shape index (κ1) is 67.6. The van der Waals surface area contributed by atoms with E-state index < -0.39 is 6.10 Å². The minimum absolute atomic E-state index is 0.0974. The number of hydrogen-bond donors (Lipinski definition) is 0. The van der Waals surface area contributed by atoms with Gasteiger partial charge in [-0.2, -0.15) is 0 Å². The van der Waals surface area contributed by atoms with Crippen LogP contribution in [0.3, 0.4) is 0 Å². The molecule has 0 aliphatic carbocycles. The van der Waals surface area contributed by atoms with E-state index in [0.29, 0.717) is 19.3 Å². The summed E-state index contributed by atoms with van der Waals surface area (Å²) in [7, 11) is 0. The lowest BCUT2D eigenvalue weighted by Crippen LogP contribution is -2.30. The van der Waals surface area contributed by atoms with Crippen LogP contribution in [0.15, 0.2) is 85.1 Å². The maximum Gasteiger partial charge on any atom is 0.306 e. The van der Waals surface area contributed by atoms with E-state index in [9.17, 15) is 14.4 Å². The molecule has 0 spiro atoms. The van der Waals surface area contributed by atoms with Crippen molar-refractivity contribution in [2.75, 3.05) is 13.2 Å². The summed E-state index contributed by atoms with van der Waals surface area (Å²) in [5.74, 6) is -0.977. The Labute approximate surface area is 439 Å². The molecule has 1 atom stereocenters. The standard InChI is InChI=1S/C65H112O6/c1-4-7-10-13-16-19-22-25-27-29-31-32-34-36-38-41-44-47-50-53-56-59-65(68)71-62(60-69-63(66)57-54-51-48-45-42-39-24-21-18-15-12-9-6-3)61-70-64(67)58-55-52-49-46-43-40-37-35-33-30-28-26-23-20-17-14-11-8-5-2/h8,11,17,20,25-28,33,35,40,43,49,52,62H,4-7,9-10,12-16,18-19,21-24,29-32,34,36-39,41-42,44-48,50-51,53-61H2,1-3H3/b11-8-,20-17-,27-25-,28-26-,35-33-,43-40-,52-49-/t62-/m0/s1. The van der Waals surface area contributed by atoms with Crippen molar-refractivity contribution < 1.29 is 28.6 Å². The van der Waals surface area contributed by atoms with Gasteiger partial charge in [0, 0.05) is 19.3 Å². The van der Waals surface area contributed by atoms with Crippen molar-refractivity contribution in [3.63, 3.8) is 0 Å². The summed E-state index contributed by atoms with van der Waals surface area (Å²) in [4.78, 5) is 38.2. The number of allylic oxidation sites excluding steroid dienone is 14. The van der Waals surface area contributed by atoms with Gasteiger partial charge in [-0.25, -0.2) is 0 Å². The molecule has 0 aromatic heterocycles. The first-order chi connectivity index (χ1) is 35.0. The summed E-state index contributed by atoms with van der Waals surface area (Å²) in [5, 5.41) is 0. The molecule has 0 heterocycles. The minimum atomic E-state index is -0.806. The van der Waals surface area contributed by atoms with Crippen LogP contribution >= 0.6 is 0 Å². The molecular weight excluding hydrogens is 877 g/mol. The molecule has 0 aromatic rings. The van der Waals surface area contributed by atoms with Crippen LogP contribution in [0, 0.1) is 0 Å². The smallest absolute Gasteiger partial charge is 0.306 e. The lowest BCUT2D eigenvalue weighted by atomic mass is 10.0. The number of esters is 3. The van der Waals surface area contributed by atoms with Crippen molar-refractivity contribution in [3.05, 3.63) is 85.1 Å². The maximum absolute atomic E-state index is 12.9. The summed E-state index contributed by atoms with van der Waals surface area (Å²) in [5.41, 5.74) is 0. The van der Waals surface area contributed by atoms with Crippen LogP contribution in [0.2, 0.25) is 0 Å². The Morgan fingerprint density at radius 3 is 0.944 bits per heavy atom. The molecule has 71 heavy (non-hydrogen) atoms. The molecule has 0 aliphatic heterocycles. The Morgan fingerprint density at radius 2 is 0.577 bits per heavy atom. The number of unbranched alkanes of at least 4 members (excludes halogenated alkanes) is 29. The Bertz CT molecular complexity index is 1370. The summed E-state index contributed by atoms with van der Waals surface area (Å²) in [6, 6.07) is 0. The van der Waals surface area contributed by atoms with Crippen molar-refractivity contribution in [2.45, 2.75) is 297 Å². The highest BCUT2D eigenvalue weighted by atomic mass is 16.6. The van der Waals surface area contributed by atoms with E-state index in [2.05, 4.69) is 99.8 Å². The highest BCUT2D eigenvalue weighted by molar-refractivity contribution is 5.71. The van der Waals surface area contributed by atoms with Gasteiger partial charge < -0.3 is 14.2 Å². The topological polar surface area (TPSA) is 78.9 Å². The maximum atomic E-state index is 12.9. The summed E-state index contributed by atoms with van der Waals surface area (Å²) in [6.45, 7) is 6.48. The third-order valence-corrected chi connectivity index (χ3v) is 12.9. The molecule has 0 saturated heterocycles. The monoisotopic (exact) mass is 989 g/mol. The van der Waals surface area contributed by atoms with Crippen molar-refractivity contribution in [2.24, 2.45) is 0 Å². The van der Waals surface area contributed by atoms with E-state index in [0.717, 1.165) is 77.0 Å². The lowest BCUT2D eigenvalue weighted by Gasteiger charge is -2.18. The van der Waals surface area contributed by atoms with Crippen molar-refractivity contribution in [3.8, 4) is 0 Å². The number of carbonyl (C=O) groups excluding carboxylic acids is 3. The number of hydrogen-bond acceptors (Lipinski definition) is 6. The van der Waals surface area contributed by atoms with E-state index in [4.69, 9.17) is 14.2 Å². The molecule has 408 valence electrons. The van der Waals surface area contributed by atoms with Crippen LogP contribution in [0.25, 0.3) is 0 Å². The molecule has 0 radical (unpaired) electrons. The van der Waals surface area contributed by atoms with Crippen molar-refractivity contribution in [1.82, 2.24) is 0 Å². The molecule has 0 amide bonds. The van der Waals surface area contributed by atoms with E-state index in [1.54, 1.807) is 0 Å². The van der Waals surface area contributed by atoms with Gasteiger partial charge in [-0.15, -0.1) is 0 Å². The first-order valence-electron chi connectivity index (χ1n) is 30.1. The van der Waals surface area contributed by atoms with Gasteiger partial charge in [-0.05, 0) is 83.5 Å². The molecule has 0 unspecified atom stereocenters. The van der Waals surface area contributed by atoms with Gasteiger partial charge >= 0.3 is 17.9 Å². The second kappa shape index (κ2) is 59.2. The summed E-state index contributed by atoms with van der Waals surface area (Å²) >= 11 is 0. The van der Waals surface area contributed by atoms with Crippen molar-refractivity contribution >= 4 is 17.9 Å². The number of carbonyl (C=O) groups is 3. The highest BCUT2D eigenvalue weighted by Gasteiger charge is 2.19. The molecule has 0 fully saturated rings. The zero-order chi connectivity index (χ0) is 51.4. The third-order valence-electron chi connectivity index (χ3n) is 12.9. The van der Waals surface area contributed by atoms with Crippen LogP contribution in [-0.4, -0.2) is 37.2 Å². The average molecular weight is 990 g/mol. The van der Waals surface area contributed by atoms with Gasteiger partial charge in [-0.3, -0.25) is 14.4 Å². The molecular formula is C65H112O6. The molecule has 0 rings (SSSR count). The predicted molar refractivity (Wildman–Crippen MR) is 307 cm³/mol. The van der Waals surface area contributed by atoms with Gasteiger partial charge in [0.15, 0.2) is 6.10 Å². The number of ether oxygens (including phenoxy) is 3. The number of rotatable bonds is 54. The van der Waals surface area contributed by atoms with Gasteiger partial charge in [0.05, 0.1) is 0 Å². The highest BCUT2D eigenvalue weighted by Crippen LogP contribution is 2.16. The fraction of sp³-hybridized carbons (Fsp3) is 0.738. The predicted octanol–water partition coefficient (Wildman–Crippen LogP) is 20.3. The van der Waals surface area contributed by atoms with Gasteiger partial charge in [0.2, 0.25) is 0 Å². The van der Waals surface area contributed by atoms with Crippen LogP contribution in [0.5, 0.6) is 0 Å². The van der Waals surface area contributed by atoms with E-state index in [1.807, 2.05) is 6.08 Å². The zero-order valence-corrected chi connectivity index (χ0v) is 46.7. The lowest BCUT2D eigenvalue weighted by molar-refractivity contribution is -0.166. The zero-order valence-electron chi connectivity index (χ0n) is 46.7. The Kier molecular flexibility index (Phi) is 56.3. The third kappa shape index (κ3) is 57.4.